The maximum atomic E-state index is 9.40. The summed E-state index contributed by atoms with van der Waals surface area (Å²) in [6.45, 7) is 8.17. The van der Waals surface area contributed by atoms with Crippen molar-refractivity contribution in [2.24, 2.45) is 5.41 Å². The molecule has 1 saturated carbocycles. The minimum Gasteiger partial charge on any atom is -0.395 e. The molecule has 4 nitrogen and oxygen atoms in total. The molecular formula is C16H32N2O2. The second kappa shape index (κ2) is 8.32. The fraction of sp³-hybridized carbons (Fsp3) is 1.00. The summed E-state index contributed by atoms with van der Waals surface area (Å²) < 4.78 is 5.80. The van der Waals surface area contributed by atoms with Gasteiger partial charge in [0.15, 0.2) is 0 Å². The predicted octanol–water partition coefficient (Wildman–Crippen LogP) is 1.63. The first-order chi connectivity index (χ1) is 9.79. The van der Waals surface area contributed by atoms with Gasteiger partial charge < -0.3 is 15.2 Å². The maximum absolute atomic E-state index is 9.40. The van der Waals surface area contributed by atoms with Crippen molar-refractivity contribution >= 4 is 0 Å². The number of hydrogen-bond acceptors (Lipinski definition) is 4. The molecule has 0 aromatic heterocycles. The van der Waals surface area contributed by atoms with Crippen LogP contribution in [0, 0.1) is 5.41 Å². The molecular weight excluding hydrogens is 252 g/mol. The lowest BCUT2D eigenvalue weighted by atomic mass is 9.81. The van der Waals surface area contributed by atoms with E-state index in [1.54, 1.807) is 0 Å². The molecule has 0 radical (unpaired) electrons. The van der Waals surface area contributed by atoms with Gasteiger partial charge in [-0.2, -0.15) is 0 Å². The smallest absolute Gasteiger partial charge is 0.0558 e. The highest BCUT2D eigenvalue weighted by Crippen LogP contribution is 2.32. The van der Waals surface area contributed by atoms with Gasteiger partial charge in [-0.3, -0.25) is 4.90 Å². The third-order valence-corrected chi connectivity index (χ3v) is 4.92. The second-order valence-corrected chi connectivity index (χ2v) is 6.57. The zero-order chi connectivity index (χ0) is 14.3. The van der Waals surface area contributed by atoms with Gasteiger partial charge in [0.05, 0.1) is 13.2 Å². The van der Waals surface area contributed by atoms with Crippen molar-refractivity contribution in [2.75, 3.05) is 46.0 Å². The number of rotatable bonds is 8. The number of aliphatic hydroxyl groups is 1. The molecule has 1 saturated heterocycles. The molecule has 0 bridgehead atoms. The molecule has 1 aliphatic heterocycles. The molecule has 2 fully saturated rings. The Morgan fingerprint density at radius 2 is 2.10 bits per heavy atom. The molecule has 1 heterocycles. The fourth-order valence-corrected chi connectivity index (χ4v) is 3.84. The van der Waals surface area contributed by atoms with Gasteiger partial charge in [0.1, 0.15) is 0 Å². The van der Waals surface area contributed by atoms with Crippen molar-refractivity contribution in [1.82, 2.24) is 10.2 Å². The van der Waals surface area contributed by atoms with Crippen molar-refractivity contribution in [2.45, 2.75) is 51.5 Å². The van der Waals surface area contributed by atoms with E-state index in [1.807, 2.05) is 0 Å². The van der Waals surface area contributed by atoms with E-state index in [1.165, 1.54) is 38.5 Å². The first kappa shape index (κ1) is 16.2. The summed E-state index contributed by atoms with van der Waals surface area (Å²) in [6, 6.07) is 0.683. The van der Waals surface area contributed by atoms with Crippen LogP contribution in [0.1, 0.15) is 45.4 Å². The quantitative estimate of drug-likeness (QED) is 0.711. The van der Waals surface area contributed by atoms with Crippen molar-refractivity contribution in [1.29, 1.82) is 0 Å². The topological polar surface area (TPSA) is 44.7 Å². The first-order valence-corrected chi connectivity index (χ1v) is 8.43. The highest BCUT2D eigenvalue weighted by atomic mass is 16.5. The summed E-state index contributed by atoms with van der Waals surface area (Å²) >= 11 is 0. The van der Waals surface area contributed by atoms with Crippen molar-refractivity contribution in [3.05, 3.63) is 0 Å². The van der Waals surface area contributed by atoms with Crippen molar-refractivity contribution < 1.29 is 9.84 Å². The van der Waals surface area contributed by atoms with Gasteiger partial charge in [0.25, 0.3) is 0 Å². The van der Waals surface area contributed by atoms with Gasteiger partial charge in [-0.05, 0) is 32.2 Å². The predicted molar refractivity (Wildman–Crippen MR) is 81.9 cm³/mol. The van der Waals surface area contributed by atoms with Crippen LogP contribution in [0.4, 0.5) is 0 Å². The number of aliphatic hydroxyl groups excluding tert-OH is 1. The SMILES string of the molecule is CCNCC1(CN(CCO)C2CCCC2)CCCOC1. The zero-order valence-electron chi connectivity index (χ0n) is 13.1. The van der Waals surface area contributed by atoms with Crippen LogP contribution in [0.15, 0.2) is 0 Å². The maximum Gasteiger partial charge on any atom is 0.0558 e. The van der Waals surface area contributed by atoms with Crippen LogP contribution in [0.25, 0.3) is 0 Å². The Kier molecular flexibility index (Phi) is 6.75. The Morgan fingerprint density at radius 3 is 2.70 bits per heavy atom. The summed E-state index contributed by atoms with van der Waals surface area (Å²) in [5.74, 6) is 0. The lowest BCUT2D eigenvalue weighted by molar-refractivity contribution is -0.0347. The van der Waals surface area contributed by atoms with E-state index in [-0.39, 0.29) is 12.0 Å². The summed E-state index contributed by atoms with van der Waals surface area (Å²) in [4.78, 5) is 2.54. The molecule has 0 aromatic rings. The van der Waals surface area contributed by atoms with Crippen molar-refractivity contribution in [3.8, 4) is 0 Å². The molecule has 1 aliphatic carbocycles. The first-order valence-electron chi connectivity index (χ1n) is 8.43. The Hall–Kier alpha value is -0.160. The molecule has 0 amide bonds. The molecule has 1 atom stereocenters. The largest absolute Gasteiger partial charge is 0.395 e. The number of nitrogens with one attached hydrogen (secondary N) is 1. The van der Waals surface area contributed by atoms with Crippen LogP contribution in [-0.4, -0.2) is 62.0 Å². The van der Waals surface area contributed by atoms with Gasteiger partial charge >= 0.3 is 0 Å². The van der Waals surface area contributed by atoms with Gasteiger partial charge in [-0.25, -0.2) is 0 Å². The minimum absolute atomic E-state index is 0.242. The summed E-state index contributed by atoms with van der Waals surface area (Å²) in [5, 5.41) is 12.9. The molecule has 118 valence electrons. The third-order valence-electron chi connectivity index (χ3n) is 4.92. The normalized spacial score (nSPS) is 28.4. The van der Waals surface area contributed by atoms with E-state index in [4.69, 9.17) is 4.74 Å². The number of ether oxygens (including phenoxy) is 1. The fourth-order valence-electron chi connectivity index (χ4n) is 3.84. The van der Waals surface area contributed by atoms with Gasteiger partial charge in [-0.15, -0.1) is 0 Å². The van der Waals surface area contributed by atoms with E-state index < -0.39 is 0 Å². The Bertz CT molecular complexity index is 261. The Morgan fingerprint density at radius 1 is 1.30 bits per heavy atom. The molecule has 2 aliphatic rings. The third kappa shape index (κ3) is 4.42. The Balaban J connectivity index is 1.98. The van der Waals surface area contributed by atoms with Gasteiger partial charge in [-0.1, -0.05) is 19.8 Å². The molecule has 2 N–H and O–H groups in total. The molecule has 4 heteroatoms. The Labute approximate surface area is 123 Å². The average Bonchev–Trinajstić information content (AvgIpc) is 3.00. The van der Waals surface area contributed by atoms with Gasteiger partial charge in [0, 0.05) is 37.7 Å². The van der Waals surface area contributed by atoms with Crippen LogP contribution in [0.3, 0.4) is 0 Å². The van der Waals surface area contributed by atoms with E-state index in [2.05, 4.69) is 17.1 Å². The van der Waals surface area contributed by atoms with Crippen LogP contribution >= 0.6 is 0 Å². The number of nitrogens with zero attached hydrogens (tertiary/aromatic N) is 1. The summed E-state index contributed by atoms with van der Waals surface area (Å²) in [6.07, 6.45) is 7.72. The van der Waals surface area contributed by atoms with E-state index in [0.717, 1.165) is 39.4 Å². The van der Waals surface area contributed by atoms with E-state index in [0.29, 0.717) is 6.04 Å². The molecule has 0 aromatic carbocycles. The van der Waals surface area contributed by atoms with Crippen LogP contribution in [0.2, 0.25) is 0 Å². The summed E-state index contributed by atoms with van der Waals surface area (Å²) in [5.41, 5.74) is 0.242. The van der Waals surface area contributed by atoms with E-state index >= 15 is 0 Å². The van der Waals surface area contributed by atoms with Crippen LogP contribution < -0.4 is 5.32 Å². The highest BCUT2D eigenvalue weighted by molar-refractivity contribution is 4.90. The van der Waals surface area contributed by atoms with Crippen molar-refractivity contribution in [3.63, 3.8) is 0 Å². The lowest BCUT2D eigenvalue weighted by Gasteiger charge is -2.43. The van der Waals surface area contributed by atoms with Crippen LogP contribution in [0.5, 0.6) is 0 Å². The molecule has 2 rings (SSSR count). The molecule has 1 unspecified atom stereocenters. The molecule has 0 spiro atoms. The van der Waals surface area contributed by atoms with E-state index in [9.17, 15) is 5.11 Å². The second-order valence-electron chi connectivity index (χ2n) is 6.57. The molecule has 20 heavy (non-hydrogen) atoms. The standard InChI is InChI=1S/C16H32N2O2/c1-2-17-12-16(8-5-11-20-14-16)13-18(9-10-19)15-6-3-4-7-15/h15,17,19H,2-14H2,1H3. The lowest BCUT2D eigenvalue weighted by Crippen LogP contribution is -2.51. The monoisotopic (exact) mass is 284 g/mol. The van der Waals surface area contributed by atoms with Crippen LogP contribution in [-0.2, 0) is 4.74 Å². The average molecular weight is 284 g/mol. The number of hydrogen-bond donors (Lipinski definition) is 2. The highest BCUT2D eigenvalue weighted by Gasteiger charge is 2.36. The zero-order valence-corrected chi connectivity index (χ0v) is 13.1. The minimum atomic E-state index is 0.242. The van der Waals surface area contributed by atoms with Gasteiger partial charge in [0.2, 0.25) is 0 Å². The summed E-state index contributed by atoms with van der Waals surface area (Å²) in [7, 11) is 0.